The first-order valence-electron chi connectivity index (χ1n) is 9.23. The van der Waals surface area contributed by atoms with E-state index in [1.54, 1.807) is 23.8 Å². The number of ether oxygens (including phenoxy) is 1. The van der Waals surface area contributed by atoms with Gasteiger partial charge in [-0.3, -0.25) is 14.2 Å². The summed E-state index contributed by atoms with van der Waals surface area (Å²) >= 11 is 2.62. The van der Waals surface area contributed by atoms with Crippen LogP contribution in [0.5, 0.6) is 5.75 Å². The first-order valence-corrected chi connectivity index (χ1v) is 11.1. The molecule has 4 aromatic rings. The lowest BCUT2D eigenvalue weighted by Crippen LogP contribution is -2.24. The third kappa shape index (κ3) is 4.39. The highest BCUT2D eigenvalue weighted by atomic mass is 32.2. The number of carbonyl (C=O) groups excluding carboxylic acids is 1. The molecule has 0 saturated carbocycles. The quantitative estimate of drug-likeness (QED) is 0.346. The molecule has 0 radical (unpaired) electrons. The van der Waals surface area contributed by atoms with Crippen molar-refractivity contribution in [3.05, 3.63) is 82.0 Å². The largest absolute Gasteiger partial charge is 0.495 e. The first-order chi connectivity index (χ1) is 14.7. The summed E-state index contributed by atoms with van der Waals surface area (Å²) in [7, 11) is 1.56. The van der Waals surface area contributed by atoms with Crippen LogP contribution in [0.15, 0.2) is 76.0 Å². The number of benzene rings is 2. The fourth-order valence-electron chi connectivity index (χ4n) is 3.00. The van der Waals surface area contributed by atoms with Crippen LogP contribution in [0.25, 0.3) is 10.2 Å². The Morgan fingerprint density at radius 1 is 1.13 bits per heavy atom. The lowest BCUT2D eigenvalue weighted by Gasteiger charge is -2.13. The molecule has 1 N–H and O–H groups in total. The van der Waals surface area contributed by atoms with Gasteiger partial charge in [-0.05, 0) is 29.1 Å². The Balaban J connectivity index is 1.57. The van der Waals surface area contributed by atoms with E-state index in [9.17, 15) is 9.59 Å². The Kier molecular flexibility index (Phi) is 6.15. The molecule has 2 aromatic carbocycles. The van der Waals surface area contributed by atoms with E-state index < -0.39 is 0 Å². The van der Waals surface area contributed by atoms with Gasteiger partial charge in [-0.25, -0.2) is 4.98 Å². The Bertz CT molecular complexity index is 1240. The molecule has 2 heterocycles. The van der Waals surface area contributed by atoms with E-state index in [1.165, 1.54) is 23.1 Å². The standard InChI is InChI=1S/C22H19N3O3S2/c1-28-18-10-6-5-9-16(18)23-19(26)14-30-22-24-17-11-12-29-20(17)21(27)25(22)13-15-7-3-2-4-8-15/h2-12H,13-14H2,1H3,(H,23,26). The summed E-state index contributed by atoms with van der Waals surface area (Å²) in [6.45, 7) is 0.400. The Labute approximate surface area is 181 Å². The topological polar surface area (TPSA) is 73.2 Å². The Hall–Kier alpha value is -3.10. The number of methoxy groups -OCH3 is 1. The molecule has 0 aliphatic heterocycles. The number of carbonyl (C=O) groups is 1. The first kappa shape index (κ1) is 20.2. The van der Waals surface area contributed by atoms with Gasteiger partial charge in [-0.1, -0.05) is 54.2 Å². The van der Waals surface area contributed by atoms with Gasteiger partial charge >= 0.3 is 0 Å². The van der Waals surface area contributed by atoms with Crippen molar-refractivity contribution in [3.8, 4) is 5.75 Å². The number of thioether (sulfide) groups is 1. The SMILES string of the molecule is COc1ccccc1NC(=O)CSc1nc2ccsc2c(=O)n1Cc1ccccc1. The van der Waals surface area contributed by atoms with Crippen molar-refractivity contribution in [1.29, 1.82) is 0 Å². The predicted molar refractivity (Wildman–Crippen MR) is 122 cm³/mol. The monoisotopic (exact) mass is 437 g/mol. The summed E-state index contributed by atoms with van der Waals surface area (Å²) < 4.78 is 7.52. The second kappa shape index (κ2) is 9.15. The molecule has 2 aromatic heterocycles. The maximum Gasteiger partial charge on any atom is 0.272 e. The number of para-hydroxylation sites is 2. The van der Waals surface area contributed by atoms with Gasteiger partial charge in [0.05, 0.1) is 30.6 Å². The van der Waals surface area contributed by atoms with Crippen molar-refractivity contribution in [1.82, 2.24) is 9.55 Å². The highest BCUT2D eigenvalue weighted by Crippen LogP contribution is 2.25. The van der Waals surface area contributed by atoms with E-state index >= 15 is 0 Å². The lowest BCUT2D eigenvalue weighted by atomic mass is 10.2. The molecule has 0 aliphatic rings. The van der Waals surface area contributed by atoms with E-state index in [1.807, 2.05) is 53.9 Å². The molecule has 0 bridgehead atoms. The molecule has 8 heteroatoms. The molecular formula is C22H19N3O3S2. The Morgan fingerprint density at radius 3 is 2.70 bits per heavy atom. The summed E-state index contributed by atoms with van der Waals surface area (Å²) in [5, 5.41) is 5.22. The second-order valence-electron chi connectivity index (χ2n) is 6.44. The number of hydrogen-bond donors (Lipinski definition) is 1. The number of aromatic nitrogens is 2. The average molecular weight is 438 g/mol. The lowest BCUT2D eigenvalue weighted by molar-refractivity contribution is -0.113. The number of nitrogens with zero attached hydrogens (tertiary/aromatic N) is 2. The molecule has 0 fully saturated rings. The van der Waals surface area contributed by atoms with Gasteiger partial charge in [-0.15, -0.1) is 11.3 Å². The van der Waals surface area contributed by atoms with Crippen LogP contribution >= 0.6 is 23.1 Å². The number of fused-ring (bicyclic) bond motifs is 1. The van der Waals surface area contributed by atoms with Gasteiger partial charge in [0.2, 0.25) is 5.91 Å². The fourth-order valence-corrected chi connectivity index (χ4v) is 4.58. The van der Waals surface area contributed by atoms with Crippen molar-refractivity contribution < 1.29 is 9.53 Å². The molecule has 30 heavy (non-hydrogen) atoms. The van der Waals surface area contributed by atoms with Crippen LogP contribution in [0.4, 0.5) is 5.69 Å². The van der Waals surface area contributed by atoms with E-state index in [0.717, 1.165) is 5.56 Å². The van der Waals surface area contributed by atoms with Crippen LogP contribution in [0.1, 0.15) is 5.56 Å². The molecule has 0 spiro atoms. The van der Waals surface area contributed by atoms with Crippen LogP contribution in [0.3, 0.4) is 0 Å². The second-order valence-corrected chi connectivity index (χ2v) is 8.30. The molecule has 0 aliphatic carbocycles. The third-order valence-electron chi connectivity index (χ3n) is 4.43. The van der Waals surface area contributed by atoms with Gasteiger partial charge in [0.25, 0.3) is 5.56 Å². The number of anilines is 1. The van der Waals surface area contributed by atoms with E-state index in [4.69, 9.17) is 4.74 Å². The maximum atomic E-state index is 13.0. The van der Waals surface area contributed by atoms with Gasteiger partial charge in [0, 0.05) is 0 Å². The zero-order valence-electron chi connectivity index (χ0n) is 16.2. The molecule has 152 valence electrons. The molecule has 6 nitrogen and oxygen atoms in total. The minimum Gasteiger partial charge on any atom is -0.495 e. The normalized spacial score (nSPS) is 10.8. The van der Waals surface area contributed by atoms with Crippen molar-refractivity contribution in [2.45, 2.75) is 11.7 Å². The molecule has 0 atom stereocenters. The summed E-state index contributed by atoms with van der Waals surface area (Å²) in [5.41, 5.74) is 2.17. The summed E-state index contributed by atoms with van der Waals surface area (Å²) in [6, 6.07) is 18.8. The fraction of sp³-hybridized carbons (Fsp3) is 0.136. The minimum absolute atomic E-state index is 0.0912. The number of hydrogen-bond acceptors (Lipinski definition) is 6. The van der Waals surface area contributed by atoms with Gasteiger partial charge in [0.15, 0.2) is 5.16 Å². The highest BCUT2D eigenvalue weighted by molar-refractivity contribution is 7.99. The summed E-state index contributed by atoms with van der Waals surface area (Å²) in [5.74, 6) is 0.514. The van der Waals surface area contributed by atoms with Crippen LogP contribution in [-0.4, -0.2) is 28.3 Å². The van der Waals surface area contributed by atoms with Gasteiger partial charge < -0.3 is 10.1 Å². The summed E-state index contributed by atoms with van der Waals surface area (Å²) in [6.07, 6.45) is 0. The van der Waals surface area contributed by atoms with Crippen molar-refractivity contribution in [3.63, 3.8) is 0 Å². The van der Waals surface area contributed by atoms with Crippen LogP contribution < -0.4 is 15.6 Å². The van der Waals surface area contributed by atoms with E-state index in [2.05, 4.69) is 10.3 Å². The number of thiophene rings is 1. The van der Waals surface area contributed by atoms with Crippen molar-refractivity contribution in [2.75, 3.05) is 18.2 Å². The summed E-state index contributed by atoms with van der Waals surface area (Å²) in [4.78, 5) is 30.2. The zero-order chi connectivity index (χ0) is 20.9. The highest BCUT2D eigenvalue weighted by Gasteiger charge is 2.15. The van der Waals surface area contributed by atoms with Crippen LogP contribution in [-0.2, 0) is 11.3 Å². The number of rotatable bonds is 7. The molecule has 1 amide bonds. The maximum absolute atomic E-state index is 13.0. The Morgan fingerprint density at radius 2 is 1.90 bits per heavy atom. The van der Waals surface area contributed by atoms with Crippen LogP contribution in [0.2, 0.25) is 0 Å². The minimum atomic E-state index is -0.199. The average Bonchev–Trinajstić information content (AvgIpc) is 3.24. The molecule has 0 saturated heterocycles. The van der Waals surface area contributed by atoms with Gasteiger partial charge in [0.1, 0.15) is 10.4 Å². The number of amides is 1. The molecule has 4 rings (SSSR count). The molecular weight excluding hydrogens is 418 g/mol. The zero-order valence-corrected chi connectivity index (χ0v) is 17.8. The van der Waals surface area contributed by atoms with Crippen molar-refractivity contribution >= 4 is 44.9 Å². The van der Waals surface area contributed by atoms with E-state index in [0.29, 0.717) is 33.4 Å². The predicted octanol–water partition coefficient (Wildman–Crippen LogP) is 4.25. The third-order valence-corrected chi connectivity index (χ3v) is 6.30. The van der Waals surface area contributed by atoms with Gasteiger partial charge in [-0.2, -0.15) is 0 Å². The molecule has 0 unspecified atom stereocenters. The van der Waals surface area contributed by atoms with Crippen molar-refractivity contribution in [2.24, 2.45) is 0 Å². The number of nitrogens with one attached hydrogen (secondary N) is 1. The van der Waals surface area contributed by atoms with E-state index in [-0.39, 0.29) is 17.2 Å². The van der Waals surface area contributed by atoms with Crippen LogP contribution in [0, 0.1) is 0 Å². The smallest absolute Gasteiger partial charge is 0.272 e.